The fourth-order valence-electron chi connectivity index (χ4n) is 2.59. The predicted octanol–water partition coefficient (Wildman–Crippen LogP) is 2.45. The van der Waals surface area contributed by atoms with E-state index in [1.54, 1.807) is 6.92 Å². The zero-order valence-corrected chi connectivity index (χ0v) is 10.3. The second-order valence-electron chi connectivity index (χ2n) is 5.35. The Kier molecular flexibility index (Phi) is 2.82. The number of carbonyl (C=O) groups is 1. The highest BCUT2D eigenvalue weighted by atomic mass is 16.6. The summed E-state index contributed by atoms with van der Waals surface area (Å²) < 4.78 is 11.0. The van der Waals surface area contributed by atoms with Gasteiger partial charge in [0.25, 0.3) is 0 Å². The van der Waals surface area contributed by atoms with Crippen molar-refractivity contribution < 1.29 is 14.3 Å². The molecule has 3 heteroatoms. The van der Waals surface area contributed by atoms with Crippen molar-refractivity contribution in [3.8, 4) is 0 Å². The molecule has 0 radical (unpaired) electrons. The van der Waals surface area contributed by atoms with E-state index in [0.717, 1.165) is 19.3 Å². The Labute approximate surface area is 96.8 Å². The molecule has 0 aromatic heterocycles. The Balaban J connectivity index is 1.87. The first kappa shape index (κ1) is 11.6. The molecule has 0 spiro atoms. The van der Waals surface area contributed by atoms with E-state index in [2.05, 4.69) is 13.5 Å². The molecule has 2 aliphatic rings. The van der Waals surface area contributed by atoms with Crippen LogP contribution in [0.3, 0.4) is 0 Å². The zero-order valence-electron chi connectivity index (χ0n) is 10.3. The molecule has 2 fully saturated rings. The molecule has 4 atom stereocenters. The quantitative estimate of drug-likeness (QED) is 0.420. The topological polar surface area (TPSA) is 38.8 Å². The van der Waals surface area contributed by atoms with E-state index in [1.165, 1.54) is 0 Å². The smallest absolute Gasteiger partial charge is 0.333 e. The Morgan fingerprint density at radius 3 is 2.81 bits per heavy atom. The first-order valence-electron chi connectivity index (χ1n) is 5.96. The molecule has 1 aliphatic heterocycles. The molecule has 2 rings (SSSR count). The van der Waals surface area contributed by atoms with Gasteiger partial charge in [0.05, 0.1) is 11.7 Å². The molecule has 4 unspecified atom stereocenters. The van der Waals surface area contributed by atoms with Gasteiger partial charge in [-0.2, -0.15) is 0 Å². The van der Waals surface area contributed by atoms with Crippen LogP contribution in [0.25, 0.3) is 0 Å². The maximum absolute atomic E-state index is 11.4. The summed E-state index contributed by atoms with van der Waals surface area (Å²) in [6.07, 6.45) is 3.60. The number of rotatable bonds is 3. The number of epoxide rings is 1. The lowest BCUT2D eigenvalue weighted by atomic mass is 9.80. The monoisotopic (exact) mass is 224 g/mol. The highest BCUT2D eigenvalue weighted by Gasteiger charge is 2.56. The van der Waals surface area contributed by atoms with Crippen molar-refractivity contribution in [2.75, 3.05) is 0 Å². The summed E-state index contributed by atoms with van der Waals surface area (Å²) in [6.45, 7) is 9.39. The summed E-state index contributed by atoms with van der Waals surface area (Å²) in [5, 5.41) is 0. The van der Waals surface area contributed by atoms with Gasteiger partial charge in [-0.1, -0.05) is 6.58 Å². The van der Waals surface area contributed by atoms with Gasteiger partial charge in [0, 0.05) is 5.57 Å². The standard InChI is InChI=1S/C13H20O3/c1-8(2)12(14)15-9(3)10-5-6-11-13(4,7-10)16-11/h9-11H,1,5-7H2,2-4H3. The molecule has 1 saturated heterocycles. The second-order valence-corrected chi connectivity index (χ2v) is 5.35. The van der Waals surface area contributed by atoms with Crippen molar-refractivity contribution in [1.29, 1.82) is 0 Å². The van der Waals surface area contributed by atoms with E-state index in [4.69, 9.17) is 9.47 Å². The average Bonchev–Trinajstić information content (AvgIpc) is 2.87. The van der Waals surface area contributed by atoms with Crippen molar-refractivity contribution in [3.05, 3.63) is 12.2 Å². The molecule has 1 aliphatic carbocycles. The van der Waals surface area contributed by atoms with E-state index in [0.29, 0.717) is 17.6 Å². The SMILES string of the molecule is C=C(C)C(=O)OC(C)C1CCC2OC2(C)C1. The summed E-state index contributed by atoms with van der Waals surface area (Å²) in [6, 6.07) is 0. The van der Waals surface area contributed by atoms with Crippen molar-refractivity contribution in [2.24, 2.45) is 5.92 Å². The first-order valence-corrected chi connectivity index (χ1v) is 5.96. The highest BCUT2D eigenvalue weighted by molar-refractivity contribution is 5.87. The van der Waals surface area contributed by atoms with Crippen LogP contribution in [0.4, 0.5) is 0 Å². The van der Waals surface area contributed by atoms with Crippen LogP contribution in [0.2, 0.25) is 0 Å². The molecule has 0 bridgehead atoms. The minimum atomic E-state index is -0.281. The summed E-state index contributed by atoms with van der Waals surface area (Å²) in [4.78, 5) is 11.4. The van der Waals surface area contributed by atoms with Crippen molar-refractivity contribution in [2.45, 2.75) is 57.8 Å². The van der Waals surface area contributed by atoms with E-state index in [9.17, 15) is 4.79 Å². The maximum Gasteiger partial charge on any atom is 0.333 e. The van der Waals surface area contributed by atoms with Crippen molar-refractivity contribution in [3.63, 3.8) is 0 Å². The summed E-state index contributed by atoms with van der Waals surface area (Å²) >= 11 is 0. The molecule has 0 amide bonds. The fraction of sp³-hybridized carbons (Fsp3) is 0.769. The molecule has 0 N–H and O–H groups in total. The van der Waals surface area contributed by atoms with Gasteiger partial charge < -0.3 is 9.47 Å². The van der Waals surface area contributed by atoms with Gasteiger partial charge in [-0.05, 0) is 46.0 Å². The Bertz CT molecular complexity index is 323. The normalized spacial score (nSPS) is 38.4. The van der Waals surface area contributed by atoms with Crippen LogP contribution in [0.5, 0.6) is 0 Å². The van der Waals surface area contributed by atoms with Crippen LogP contribution in [-0.4, -0.2) is 23.8 Å². The molecular formula is C13H20O3. The second kappa shape index (κ2) is 3.88. The maximum atomic E-state index is 11.4. The lowest BCUT2D eigenvalue weighted by Crippen LogP contribution is -2.32. The molecule has 16 heavy (non-hydrogen) atoms. The molecule has 3 nitrogen and oxygen atoms in total. The van der Waals surface area contributed by atoms with Crippen LogP contribution in [0, 0.1) is 5.92 Å². The Hall–Kier alpha value is -0.830. The Morgan fingerprint density at radius 2 is 2.25 bits per heavy atom. The largest absolute Gasteiger partial charge is 0.459 e. The summed E-state index contributed by atoms with van der Waals surface area (Å²) in [5.74, 6) is 0.142. The molecule has 0 aromatic rings. The third kappa shape index (κ3) is 2.14. The predicted molar refractivity (Wildman–Crippen MR) is 61.0 cm³/mol. The van der Waals surface area contributed by atoms with E-state index in [-0.39, 0.29) is 17.7 Å². The number of carbonyl (C=O) groups excluding carboxylic acids is 1. The van der Waals surface area contributed by atoms with Crippen LogP contribution < -0.4 is 0 Å². The van der Waals surface area contributed by atoms with Crippen LogP contribution in [-0.2, 0) is 14.3 Å². The van der Waals surface area contributed by atoms with Crippen LogP contribution in [0.1, 0.15) is 40.0 Å². The third-order valence-corrected chi connectivity index (χ3v) is 3.81. The minimum Gasteiger partial charge on any atom is -0.459 e. The van der Waals surface area contributed by atoms with Gasteiger partial charge >= 0.3 is 5.97 Å². The first-order chi connectivity index (χ1) is 7.42. The number of ether oxygens (including phenoxy) is 2. The molecule has 1 saturated carbocycles. The molecule has 90 valence electrons. The minimum absolute atomic E-state index is 0.0359. The van der Waals surface area contributed by atoms with Crippen LogP contribution in [0.15, 0.2) is 12.2 Å². The summed E-state index contributed by atoms with van der Waals surface area (Å²) in [5.41, 5.74) is 0.529. The number of hydrogen-bond acceptors (Lipinski definition) is 3. The molecular weight excluding hydrogens is 204 g/mol. The van der Waals surface area contributed by atoms with Gasteiger partial charge in [-0.25, -0.2) is 4.79 Å². The third-order valence-electron chi connectivity index (χ3n) is 3.81. The average molecular weight is 224 g/mol. The summed E-state index contributed by atoms with van der Waals surface area (Å²) in [7, 11) is 0. The van der Waals surface area contributed by atoms with E-state index < -0.39 is 0 Å². The number of esters is 1. The lowest BCUT2D eigenvalue weighted by molar-refractivity contribution is -0.146. The van der Waals surface area contributed by atoms with Gasteiger partial charge in [0.15, 0.2) is 0 Å². The van der Waals surface area contributed by atoms with Gasteiger partial charge in [-0.3, -0.25) is 0 Å². The Morgan fingerprint density at radius 1 is 1.56 bits per heavy atom. The number of fused-ring (bicyclic) bond motifs is 1. The van der Waals surface area contributed by atoms with Gasteiger partial charge in [0.1, 0.15) is 6.10 Å². The van der Waals surface area contributed by atoms with E-state index in [1.807, 2.05) is 6.92 Å². The van der Waals surface area contributed by atoms with E-state index >= 15 is 0 Å². The van der Waals surface area contributed by atoms with Crippen LogP contribution >= 0.6 is 0 Å². The molecule has 0 aromatic carbocycles. The lowest BCUT2D eigenvalue weighted by Gasteiger charge is -2.28. The number of hydrogen-bond donors (Lipinski definition) is 0. The molecule has 1 heterocycles. The van der Waals surface area contributed by atoms with Gasteiger partial charge in [-0.15, -0.1) is 0 Å². The van der Waals surface area contributed by atoms with Crippen molar-refractivity contribution in [1.82, 2.24) is 0 Å². The van der Waals surface area contributed by atoms with Crippen molar-refractivity contribution >= 4 is 5.97 Å². The zero-order chi connectivity index (χ0) is 11.9. The van der Waals surface area contributed by atoms with Gasteiger partial charge in [0.2, 0.25) is 0 Å². The fourth-order valence-corrected chi connectivity index (χ4v) is 2.59. The highest BCUT2D eigenvalue weighted by Crippen LogP contribution is 2.50.